The molecule has 4 rings (SSSR count). The number of piperazine rings is 1. The summed E-state index contributed by atoms with van der Waals surface area (Å²) in [4.78, 5) is 33.5. The number of aryl methyl sites for hydroxylation is 2. The third-order valence-corrected chi connectivity index (χ3v) is 8.02. The van der Waals surface area contributed by atoms with Crippen molar-refractivity contribution in [1.29, 1.82) is 0 Å². The number of carbonyl (C=O) groups is 2. The van der Waals surface area contributed by atoms with E-state index in [4.69, 9.17) is 17.0 Å². The number of likely N-dealkylation sites (N-methyl/N-ethyl adjacent to an activating group) is 1. The molecule has 0 bridgehead atoms. The first-order valence-electron chi connectivity index (χ1n) is 11.7. The van der Waals surface area contributed by atoms with Crippen molar-refractivity contribution in [3.05, 3.63) is 28.5 Å². The Labute approximate surface area is 214 Å². The minimum Gasteiger partial charge on any atom is -0.493 e. The van der Waals surface area contributed by atoms with Gasteiger partial charge in [0.25, 0.3) is 0 Å². The van der Waals surface area contributed by atoms with Gasteiger partial charge in [-0.1, -0.05) is 25.6 Å². The van der Waals surface area contributed by atoms with Crippen LogP contribution < -0.4 is 4.74 Å². The van der Waals surface area contributed by atoms with Crippen LogP contribution in [0.3, 0.4) is 0 Å². The van der Waals surface area contributed by atoms with Gasteiger partial charge >= 0.3 is 0 Å². The summed E-state index contributed by atoms with van der Waals surface area (Å²) < 4.78 is 35.5. The fourth-order valence-corrected chi connectivity index (χ4v) is 5.96. The molecule has 1 aliphatic heterocycles. The zero-order valence-corrected chi connectivity index (χ0v) is 22.2. The summed E-state index contributed by atoms with van der Waals surface area (Å²) in [5, 5.41) is 4.56. The molecule has 3 heterocycles. The van der Waals surface area contributed by atoms with E-state index in [1.165, 1.54) is 18.2 Å². The lowest BCUT2D eigenvalue weighted by Crippen LogP contribution is -2.55. The number of imide groups is 1. The van der Waals surface area contributed by atoms with Gasteiger partial charge in [-0.25, -0.2) is 13.4 Å². The number of aromatic amines is 1. The molecule has 3 aromatic rings. The molecule has 0 aliphatic carbocycles. The molecule has 1 aromatic carbocycles. The van der Waals surface area contributed by atoms with Crippen LogP contribution in [0.4, 0.5) is 0 Å². The molecule has 36 heavy (non-hydrogen) atoms. The predicted molar refractivity (Wildman–Crippen MR) is 135 cm³/mol. The van der Waals surface area contributed by atoms with Gasteiger partial charge in [0.2, 0.25) is 21.8 Å². The number of ether oxygens (including phenoxy) is 1. The molecule has 13 heteroatoms. The van der Waals surface area contributed by atoms with Crippen LogP contribution in [-0.4, -0.2) is 75.4 Å². The number of rotatable bonds is 8. The van der Waals surface area contributed by atoms with Crippen LogP contribution in [-0.2, 0) is 33.1 Å². The summed E-state index contributed by atoms with van der Waals surface area (Å²) in [6, 6.07) is 4.36. The van der Waals surface area contributed by atoms with Crippen LogP contribution >= 0.6 is 12.2 Å². The van der Waals surface area contributed by atoms with E-state index in [1.807, 2.05) is 6.92 Å². The van der Waals surface area contributed by atoms with Crippen molar-refractivity contribution >= 4 is 45.1 Å². The van der Waals surface area contributed by atoms with Crippen molar-refractivity contribution in [2.45, 2.75) is 38.5 Å². The maximum atomic E-state index is 13.4. The van der Waals surface area contributed by atoms with Crippen LogP contribution in [0.25, 0.3) is 22.4 Å². The van der Waals surface area contributed by atoms with E-state index in [0.29, 0.717) is 33.9 Å². The van der Waals surface area contributed by atoms with Crippen molar-refractivity contribution < 1.29 is 22.7 Å². The van der Waals surface area contributed by atoms with Crippen molar-refractivity contribution in [1.82, 2.24) is 29.0 Å². The summed E-state index contributed by atoms with van der Waals surface area (Å²) in [6.07, 6.45) is 1.61. The number of carbonyl (C=O) groups excluding carboxylic acids is 2. The molecule has 11 nitrogen and oxygen atoms in total. The second kappa shape index (κ2) is 10.1. The number of aromatic nitrogens is 4. The van der Waals surface area contributed by atoms with Crippen molar-refractivity contribution in [2.75, 3.05) is 26.2 Å². The highest BCUT2D eigenvalue weighted by molar-refractivity contribution is 7.89. The summed E-state index contributed by atoms with van der Waals surface area (Å²) >= 11 is 5.55. The number of hydrogen-bond acceptors (Lipinski definition) is 8. The molecule has 2 amide bonds. The van der Waals surface area contributed by atoms with E-state index in [-0.39, 0.29) is 11.4 Å². The van der Waals surface area contributed by atoms with E-state index in [9.17, 15) is 18.0 Å². The van der Waals surface area contributed by atoms with Gasteiger partial charge in [0.1, 0.15) is 17.1 Å². The Balaban J connectivity index is 1.84. The molecular formula is C23H28N6O5S2. The summed E-state index contributed by atoms with van der Waals surface area (Å²) in [7, 11) is -2.36. The minimum atomic E-state index is -4.16. The van der Waals surface area contributed by atoms with Crippen LogP contribution in [0, 0.1) is 4.64 Å². The fraction of sp³-hybridized carbons (Fsp3) is 0.435. The smallest absolute Gasteiger partial charge is 0.244 e. The topological polar surface area (TPSA) is 130 Å². The SMILES string of the molecule is CCCc1nn(C)c2c(=S)nc(-c3cc(S(=O)(=O)N4CC(=O)N(CC)C(=O)C4)ccc3OCC)[nH]c12. The van der Waals surface area contributed by atoms with E-state index in [0.717, 1.165) is 33.3 Å². The number of H-pyrrole nitrogens is 1. The number of sulfonamides is 1. The molecule has 2 aromatic heterocycles. The van der Waals surface area contributed by atoms with Crippen LogP contribution in [0.5, 0.6) is 5.75 Å². The molecular weight excluding hydrogens is 504 g/mol. The van der Waals surface area contributed by atoms with Gasteiger partial charge in [0.05, 0.1) is 41.4 Å². The number of nitrogens with zero attached hydrogens (tertiary/aromatic N) is 5. The van der Waals surface area contributed by atoms with Crippen LogP contribution in [0.15, 0.2) is 23.1 Å². The Bertz CT molecular complexity index is 1490. The highest BCUT2D eigenvalue weighted by Crippen LogP contribution is 2.33. The summed E-state index contributed by atoms with van der Waals surface area (Å²) in [6.45, 7) is 5.26. The lowest BCUT2D eigenvalue weighted by atomic mass is 10.1. The van der Waals surface area contributed by atoms with E-state index in [2.05, 4.69) is 22.0 Å². The van der Waals surface area contributed by atoms with Gasteiger partial charge in [-0.2, -0.15) is 9.40 Å². The lowest BCUT2D eigenvalue weighted by Gasteiger charge is -2.31. The molecule has 1 saturated heterocycles. The van der Waals surface area contributed by atoms with Gasteiger partial charge in [-0.05, 0) is 38.5 Å². The van der Waals surface area contributed by atoms with Crippen molar-refractivity contribution in [3.8, 4) is 17.1 Å². The second-order valence-electron chi connectivity index (χ2n) is 8.33. The quantitative estimate of drug-likeness (QED) is 0.346. The largest absolute Gasteiger partial charge is 0.493 e. The molecule has 0 saturated carbocycles. The molecule has 0 radical (unpaired) electrons. The van der Waals surface area contributed by atoms with Crippen molar-refractivity contribution in [3.63, 3.8) is 0 Å². The first-order valence-corrected chi connectivity index (χ1v) is 13.5. The monoisotopic (exact) mass is 532 g/mol. The standard InChI is InChI=1S/C23H28N6O5S2/c1-5-8-16-20-21(27(4)26-16)23(35)25-22(24-20)15-11-14(9-10-17(15)34-7-3)36(32,33)28-12-18(30)29(6-2)19(31)13-28/h9-11H,5-8,12-13H2,1-4H3,(H,24,25,35). The molecule has 192 valence electrons. The van der Waals surface area contributed by atoms with Gasteiger partial charge in [-0.15, -0.1) is 0 Å². The number of fused-ring (bicyclic) bond motifs is 1. The molecule has 1 fully saturated rings. The highest BCUT2D eigenvalue weighted by atomic mass is 32.2. The Morgan fingerprint density at radius 1 is 1.14 bits per heavy atom. The van der Waals surface area contributed by atoms with Crippen molar-refractivity contribution in [2.24, 2.45) is 7.05 Å². The molecule has 1 aliphatic rings. The van der Waals surface area contributed by atoms with Gasteiger partial charge in [0.15, 0.2) is 4.64 Å². The van der Waals surface area contributed by atoms with Crippen LogP contribution in [0.1, 0.15) is 32.9 Å². The second-order valence-corrected chi connectivity index (χ2v) is 10.7. The van der Waals surface area contributed by atoms with E-state index >= 15 is 0 Å². The molecule has 1 N–H and O–H groups in total. The lowest BCUT2D eigenvalue weighted by molar-refractivity contribution is -0.148. The molecule has 0 spiro atoms. The maximum Gasteiger partial charge on any atom is 0.244 e. The predicted octanol–water partition coefficient (Wildman–Crippen LogP) is 2.42. The first kappa shape index (κ1) is 25.9. The van der Waals surface area contributed by atoms with E-state index in [1.54, 1.807) is 18.7 Å². The van der Waals surface area contributed by atoms with Gasteiger partial charge in [-0.3, -0.25) is 19.2 Å². The zero-order valence-electron chi connectivity index (χ0n) is 20.6. The third kappa shape index (κ3) is 4.53. The number of hydrogen-bond donors (Lipinski definition) is 1. The van der Waals surface area contributed by atoms with E-state index < -0.39 is 34.9 Å². The third-order valence-electron chi connectivity index (χ3n) is 5.95. The fourth-order valence-electron chi connectivity index (χ4n) is 4.27. The number of benzene rings is 1. The maximum absolute atomic E-state index is 13.4. The first-order chi connectivity index (χ1) is 17.1. The van der Waals surface area contributed by atoms with Crippen LogP contribution in [0.2, 0.25) is 0 Å². The Kier molecular flexibility index (Phi) is 7.25. The normalized spacial score (nSPS) is 15.2. The Morgan fingerprint density at radius 2 is 1.83 bits per heavy atom. The zero-order chi connectivity index (χ0) is 26.2. The number of amides is 2. The number of nitrogens with one attached hydrogen (secondary N) is 1. The summed E-state index contributed by atoms with van der Waals surface area (Å²) in [5.41, 5.74) is 2.64. The Hall–Kier alpha value is -3.16. The Morgan fingerprint density at radius 3 is 2.44 bits per heavy atom. The molecule has 0 atom stereocenters. The summed E-state index contributed by atoms with van der Waals surface area (Å²) in [5.74, 6) is -0.362. The van der Waals surface area contributed by atoms with Gasteiger partial charge < -0.3 is 9.72 Å². The van der Waals surface area contributed by atoms with Gasteiger partial charge in [0, 0.05) is 13.6 Å². The highest BCUT2D eigenvalue weighted by Gasteiger charge is 2.37. The average Bonchev–Trinajstić information content (AvgIpc) is 3.15. The average molecular weight is 533 g/mol. The minimum absolute atomic E-state index is 0.0901. The molecule has 0 unspecified atom stereocenters.